The third kappa shape index (κ3) is 4.13. The highest BCUT2D eigenvalue weighted by molar-refractivity contribution is 9.10. The van der Waals surface area contributed by atoms with Crippen LogP contribution in [0.15, 0.2) is 47.1 Å². The number of halogens is 1. The van der Waals surface area contributed by atoms with Crippen LogP contribution in [0.2, 0.25) is 0 Å². The molecule has 2 aromatic heterocycles. The molecule has 0 radical (unpaired) electrons. The van der Waals surface area contributed by atoms with Crippen LogP contribution in [0.5, 0.6) is 0 Å². The molecule has 0 bridgehead atoms. The van der Waals surface area contributed by atoms with Crippen molar-refractivity contribution >= 4 is 38.8 Å². The van der Waals surface area contributed by atoms with Crippen molar-refractivity contribution in [2.45, 2.75) is 38.1 Å². The average Bonchev–Trinajstić information content (AvgIpc) is 3.30. The van der Waals surface area contributed by atoms with Gasteiger partial charge in [0.1, 0.15) is 11.3 Å². The van der Waals surface area contributed by atoms with Crippen LogP contribution in [0.4, 0.5) is 10.5 Å². The monoisotopic (exact) mass is 427 g/mol. The summed E-state index contributed by atoms with van der Waals surface area (Å²) in [6.45, 7) is 0.526. The van der Waals surface area contributed by atoms with Crippen molar-refractivity contribution in [2.75, 3.05) is 11.9 Å². The first-order valence-electron chi connectivity index (χ1n) is 9.33. The average molecular weight is 428 g/mol. The van der Waals surface area contributed by atoms with Gasteiger partial charge in [-0.05, 0) is 49.2 Å². The number of imidazole rings is 1. The number of aromatic nitrogens is 3. The fourth-order valence-corrected chi connectivity index (χ4v) is 3.96. The minimum absolute atomic E-state index is 0.209. The van der Waals surface area contributed by atoms with E-state index < -0.39 is 0 Å². The lowest BCUT2D eigenvalue weighted by atomic mass is 10.2. The number of pyridine rings is 1. The van der Waals surface area contributed by atoms with E-state index in [0.717, 1.165) is 27.1 Å². The van der Waals surface area contributed by atoms with Crippen LogP contribution in [0, 0.1) is 0 Å². The Labute approximate surface area is 166 Å². The molecule has 1 fully saturated rings. The summed E-state index contributed by atoms with van der Waals surface area (Å²) >= 11 is 3.39. The highest BCUT2D eigenvalue weighted by Gasteiger charge is 2.23. The Morgan fingerprint density at radius 1 is 1.19 bits per heavy atom. The number of hydrogen-bond donors (Lipinski definition) is 2. The summed E-state index contributed by atoms with van der Waals surface area (Å²) in [7, 11) is 0. The molecular formula is C20H22BrN5O. The molecule has 6 nitrogen and oxygen atoms in total. The molecule has 3 aromatic rings. The molecule has 1 saturated carbocycles. The van der Waals surface area contributed by atoms with Gasteiger partial charge in [-0.25, -0.2) is 14.8 Å². The quantitative estimate of drug-likeness (QED) is 0.620. The minimum atomic E-state index is -0.209. The molecule has 0 aliphatic heterocycles. The maximum atomic E-state index is 12.1. The standard InChI is InChI=1S/C20H22BrN5O/c21-14-7-9-15(10-8-14)24-20(27)23-13-11-18-25-17-6-3-12-22-19(17)26(18)16-4-1-2-5-16/h3,6-10,12,16H,1-2,4-5,11,13H2,(H2,23,24,27). The maximum Gasteiger partial charge on any atom is 0.319 e. The second-order valence-electron chi connectivity index (χ2n) is 6.82. The molecule has 1 aliphatic rings. The number of carbonyl (C=O) groups excluding carboxylic acids is 1. The topological polar surface area (TPSA) is 71.8 Å². The van der Waals surface area contributed by atoms with Crippen LogP contribution in [0.1, 0.15) is 37.5 Å². The van der Waals surface area contributed by atoms with Gasteiger partial charge in [0.2, 0.25) is 0 Å². The molecule has 7 heteroatoms. The van der Waals surface area contributed by atoms with Gasteiger partial charge in [0, 0.05) is 35.4 Å². The first-order valence-corrected chi connectivity index (χ1v) is 10.1. The Morgan fingerprint density at radius 2 is 1.96 bits per heavy atom. The zero-order chi connectivity index (χ0) is 18.6. The lowest BCUT2D eigenvalue weighted by Crippen LogP contribution is -2.31. The number of nitrogens with one attached hydrogen (secondary N) is 2. The molecule has 2 heterocycles. The number of rotatable bonds is 5. The van der Waals surface area contributed by atoms with Crippen molar-refractivity contribution in [1.29, 1.82) is 0 Å². The van der Waals surface area contributed by atoms with Crippen LogP contribution >= 0.6 is 15.9 Å². The van der Waals surface area contributed by atoms with Crippen molar-refractivity contribution in [3.8, 4) is 0 Å². The highest BCUT2D eigenvalue weighted by Crippen LogP contribution is 2.33. The smallest absolute Gasteiger partial charge is 0.319 e. The van der Waals surface area contributed by atoms with E-state index in [4.69, 9.17) is 4.98 Å². The number of hydrogen-bond acceptors (Lipinski definition) is 3. The van der Waals surface area contributed by atoms with Gasteiger partial charge in [-0.3, -0.25) is 0 Å². The second kappa shape index (κ2) is 8.08. The Bertz CT molecular complexity index is 931. The molecule has 2 N–H and O–H groups in total. The fraction of sp³-hybridized carbons (Fsp3) is 0.350. The van der Waals surface area contributed by atoms with Crippen molar-refractivity contribution in [3.63, 3.8) is 0 Å². The molecule has 140 valence electrons. The van der Waals surface area contributed by atoms with Crippen LogP contribution in [-0.4, -0.2) is 27.1 Å². The van der Waals surface area contributed by atoms with E-state index >= 15 is 0 Å². The van der Waals surface area contributed by atoms with Crippen molar-refractivity contribution in [1.82, 2.24) is 19.9 Å². The van der Waals surface area contributed by atoms with E-state index in [1.54, 1.807) is 0 Å². The molecule has 0 atom stereocenters. The predicted molar refractivity (Wildman–Crippen MR) is 110 cm³/mol. The number of fused-ring (bicyclic) bond motifs is 1. The summed E-state index contributed by atoms with van der Waals surface area (Å²) in [6, 6.07) is 11.7. The summed E-state index contributed by atoms with van der Waals surface area (Å²) in [5.41, 5.74) is 2.65. The van der Waals surface area contributed by atoms with E-state index in [1.807, 2.05) is 42.6 Å². The molecular weight excluding hydrogens is 406 g/mol. The number of nitrogens with zero attached hydrogens (tertiary/aromatic N) is 3. The zero-order valence-corrected chi connectivity index (χ0v) is 16.6. The van der Waals surface area contributed by atoms with E-state index in [-0.39, 0.29) is 6.03 Å². The van der Waals surface area contributed by atoms with E-state index in [1.165, 1.54) is 25.7 Å². The van der Waals surface area contributed by atoms with Crippen molar-refractivity contribution < 1.29 is 4.79 Å². The van der Waals surface area contributed by atoms with E-state index in [2.05, 4.69) is 36.1 Å². The second-order valence-corrected chi connectivity index (χ2v) is 7.74. The van der Waals surface area contributed by atoms with Gasteiger partial charge < -0.3 is 15.2 Å². The zero-order valence-electron chi connectivity index (χ0n) is 15.0. The lowest BCUT2D eigenvalue weighted by molar-refractivity contribution is 0.252. The fourth-order valence-electron chi connectivity index (χ4n) is 3.70. The molecule has 4 rings (SSSR count). The van der Waals surface area contributed by atoms with Crippen LogP contribution < -0.4 is 10.6 Å². The summed E-state index contributed by atoms with van der Waals surface area (Å²) in [6.07, 6.45) is 7.36. The maximum absolute atomic E-state index is 12.1. The van der Waals surface area contributed by atoms with Gasteiger partial charge >= 0.3 is 6.03 Å². The molecule has 27 heavy (non-hydrogen) atoms. The Hall–Kier alpha value is -2.41. The van der Waals surface area contributed by atoms with Crippen molar-refractivity contribution in [3.05, 3.63) is 52.9 Å². The lowest BCUT2D eigenvalue weighted by Gasteiger charge is -2.16. The summed E-state index contributed by atoms with van der Waals surface area (Å²) in [4.78, 5) is 21.4. The normalized spacial score (nSPS) is 14.6. The van der Waals surface area contributed by atoms with Crippen LogP contribution in [0.3, 0.4) is 0 Å². The van der Waals surface area contributed by atoms with Crippen LogP contribution in [-0.2, 0) is 6.42 Å². The third-order valence-corrected chi connectivity index (χ3v) is 5.48. The summed E-state index contributed by atoms with van der Waals surface area (Å²) in [5.74, 6) is 1.000. The molecule has 0 saturated heterocycles. The predicted octanol–water partition coefficient (Wildman–Crippen LogP) is 4.67. The number of anilines is 1. The summed E-state index contributed by atoms with van der Waals surface area (Å²) < 4.78 is 3.27. The number of benzene rings is 1. The molecule has 2 amide bonds. The first kappa shape index (κ1) is 18.0. The van der Waals surface area contributed by atoms with Crippen molar-refractivity contribution in [2.24, 2.45) is 0 Å². The van der Waals surface area contributed by atoms with E-state index in [0.29, 0.717) is 19.0 Å². The van der Waals surface area contributed by atoms with Gasteiger partial charge in [-0.1, -0.05) is 28.8 Å². The molecule has 1 aliphatic carbocycles. The summed E-state index contributed by atoms with van der Waals surface area (Å²) in [5, 5.41) is 5.76. The van der Waals surface area contributed by atoms with E-state index in [9.17, 15) is 4.79 Å². The SMILES string of the molecule is O=C(NCCc1nc2cccnc2n1C1CCCC1)Nc1ccc(Br)cc1. The van der Waals surface area contributed by atoms with Gasteiger partial charge in [0.15, 0.2) is 5.65 Å². The Balaban J connectivity index is 1.42. The number of urea groups is 1. The molecule has 1 aromatic carbocycles. The van der Waals surface area contributed by atoms with Gasteiger partial charge in [-0.2, -0.15) is 0 Å². The molecule has 0 spiro atoms. The third-order valence-electron chi connectivity index (χ3n) is 4.95. The molecule has 0 unspecified atom stereocenters. The van der Waals surface area contributed by atoms with Crippen LogP contribution in [0.25, 0.3) is 11.2 Å². The number of amides is 2. The Morgan fingerprint density at radius 3 is 2.74 bits per heavy atom. The minimum Gasteiger partial charge on any atom is -0.337 e. The highest BCUT2D eigenvalue weighted by atomic mass is 79.9. The first-order chi connectivity index (χ1) is 13.2. The largest absolute Gasteiger partial charge is 0.337 e. The van der Waals surface area contributed by atoms with Gasteiger partial charge in [0.25, 0.3) is 0 Å². The Kier molecular flexibility index (Phi) is 5.38. The van der Waals surface area contributed by atoms with Gasteiger partial charge in [0.05, 0.1) is 0 Å². The number of carbonyl (C=O) groups is 1. The van der Waals surface area contributed by atoms with Gasteiger partial charge in [-0.15, -0.1) is 0 Å².